The molecule has 1 amide bonds. The van der Waals surface area contributed by atoms with Crippen LogP contribution < -0.4 is 5.32 Å². The Morgan fingerprint density at radius 2 is 2.04 bits per heavy atom. The first kappa shape index (κ1) is 18.5. The molecular formula is C17H25F3N2O3. The van der Waals surface area contributed by atoms with Crippen LogP contribution in [0.15, 0.2) is 11.3 Å². The summed E-state index contributed by atoms with van der Waals surface area (Å²) in [5.41, 5.74) is 1.57. The highest BCUT2D eigenvalue weighted by atomic mass is 19.4. The molecule has 0 spiro atoms. The summed E-state index contributed by atoms with van der Waals surface area (Å²) in [6, 6.07) is 0.189. The number of ether oxygens (including phenoxy) is 2. The van der Waals surface area contributed by atoms with Crippen LogP contribution in [0.5, 0.6) is 0 Å². The van der Waals surface area contributed by atoms with Gasteiger partial charge >= 0.3 is 12.3 Å². The Hall–Kier alpha value is -1.28. The normalized spacial score (nSPS) is 28.8. The van der Waals surface area contributed by atoms with Crippen LogP contribution in [0, 0.1) is 11.8 Å². The van der Waals surface area contributed by atoms with Crippen molar-refractivity contribution in [2.75, 3.05) is 19.9 Å². The third-order valence-electron chi connectivity index (χ3n) is 4.74. The molecule has 2 unspecified atom stereocenters. The molecule has 3 rings (SSSR count). The second kappa shape index (κ2) is 6.46. The first-order valence-corrected chi connectivity index (χ1v) is 8.65. The van der Waals surface area contributed by atoms with Gasteiger partial charge in [0.25, 0.3) is 0 Å². The number of carbonyl (C=O) groups is 1. The third kappa shape index (κ3) is 4.67. The molecule has 3 aliphatic rings. The molecule has 1 saturated carbocycles. The van der Waals surface area contributed by atoms with Gasteiger partial charge in [0.15, 0.2) is 0 Å². The largest absolute Gasteiger partial charge is 0.444 e. The van der Waals surface area contributed by atoms with Crippen molar-refractivity contribution in [1.82, 2.24) is 10.2 Å². The number of alkyl carbamates (subject to hydrolysis) is 1. The van der Waals surface area contributed by atoms with E-state index in [1.54, 1.807) is 0 Å². The summed E-state index contributed by atoms with van der Waals surface area (Å²) in [4.78, 5) is 14.1. The zero-order chi connectivity index (χ0) is 18.4. The maximum atomic E-state index is 12.2. The Morgan fingerprint density at radius 3 is 2.68 bits per heavy atom. The van der Waals surface area contributed by atoms with E-state index >= 15 is 0 Å². The first-order valence-electron chi connectivity index (χ1n) is 8.65. The Kier molecular flexibility index (Phi) is 4.79. The van der Waals surface area contributed by atoms with Gasteiger partial charge in [-0.05, 0) is 45.1 Å². The molecule has 2 fully saturated rings. The van der Waals surface area contributed by atoms with Crippen LogP contribution in [0.3, 0.4) is 0 Å². The smallest absolute Gasteiger partial charge is 0.411 e. The summed E-state index contributed by atoms with van der Waals surface area (Å²) in [7, 11) is 0. The number of halogens is 3. The lowest BCUT2D eigenvalue weighted by molar-refractivity contribution is -0.149. The van der Waals surface area contributed by atoms with Gasteiger partial charge in [-0.25, -0.2) is 4.79 Å². The van der Waals surface area contributed by atoms with E-state index in [9.17, 15) is 18.0 Å². The summed E-state index contributed by atoms with van der Waals surface area (Å²) in [6.45, 7) is 6.12. The maximum Gasteiger partial charge on any atom is 0.411 e. The number of fused-ring (bicyclic) bond motifs is 2. The van der Waals surface area contributed by atoms with Crippen molar-refractivity contribution in [3.8, 4) is 0 Å². The van der Waals surface area contributed by atoms with Gasteiger partial charge in [-0.15, -0.1) is 0 Å². The Balaban J connectivity index is 1.54. The highest BCUT2D eigenvalue weighted by Crippen LogP contribution is 2.56. The highest BCUT2D eigenvalue weighted by Gasteiger charge is 2.57. The van der Waals surface area contributed by atoms with E-state index in [4.69, 9.17) is 9.47 Å². The average Bonchev–Trinajstić information content (AvgIpc) is 3.17. The van der Waals surface area contributed by atoms with Crippen molar-refractivity contribution in [2.45, 2.75) is 57.9 Å². The second-order valence-corrected chi connectivity index (χ2v) is 8.09. The predicted octanol–water partition coefficient (Wildman–Crippen LogP) is 3.42. The van der Waals surface area contributed by atoms with Gasteiger partial charge in [-0.2, -0.15) is 13.2 Å². The van der Waals surface area contributed by atoms with Gasteiger partial charge in [0.1, 0.15) is 5.60 Å². The fourth-order valence-corrected chi connectivity index (χ4v) is 3.90. The zero-order valence-corrected chi connectivity index (χ0v) is 14.8. The number of piperidine rings is 1. The summed E-state index contributed by atoms with van der Waals surface area (Å²) in [5.74, 6) is 0.785. The van der Waals surface area contributed by atoms with Crippen LogP contribution in [0.4, 0.5) is 18.0 Å². The third-order valence-corrected chi connectivity index (χ3v) is 4.74. The standard InChI is InChI=1S/C17H25F3N2O3/c1-16(2,3)25-15(23)21-12-7-10-6-11-13(12)14(11)22(8-10)9-24-5-4-17(18,19)20/h10-11,14H,4-9H2,1-3H3,(H,21,23)/t10?,11-,14?/m0/s1. The molecule has 1 saturated heterocycles. The topological polar surface area (TPSA) is 50.8 Å². The Bertz CT molecular complexity index is 568. The van der Waals surface area contributed by atoms with Gasteiger partial charge in [-0.1, -0.05) is 0 Å². The number of rotatable bonds is 5. The summed E-state index contributed by atoms with van der Waals surface area (Å²) >= 11 is 0. The number of likely N-dealkylation sites (tertiary alicyclic amines) is 1. The van der Waals surface area contributed by atoms with Crippen molar-refractivity contribution in [2.24, 2.45) is 11.8 Å². The molecule has 2 bridgehead atoms. The van der Waals surface area contributed by atoms with Crippen LogP contribution >= 0.6 is 0 Å². The van der Waals surface area contributed by atoms with Crippen molar-refractivity contribution < 1.29 is 27.4 Å². The number of allylic oxidation sites excluding steroid dienone is 1. The number of hydrogen-bond donors (Lipinski definition) is 1. The van der Waals surface area contributed by atoms with Gasteiger partial charge in [0.2, 0.25) is 0 Å². The van der Waals surface area contributed by atoms with Crippen LogP contribution in [-0.4, -0.2) is 48.7 Å². The molecule has 25 heavy (non-hydrogen) atoms. The summed E-state index contributed by atoms with van der Waals surface area (Å²) in [6.07, 6.45) is -3.70. The molecule has 2 aliphatic carbocycles. The van der Waals surface area contributed by atoms with Gasteiger partial charge in [0, 0.05) is 24.2 Å². The van der Waals surface area contributed by atoms with Crippen molar-refractivity contribution in [3.05, 3.63) is 11.3 Å². The number of amides is 1. The van der Waals surface area contributed by atoms with E-state index in [2.05, 4.69) is 10.2 Å². The minimum atomic E-state index is -4.18. The van der Waals surface area contributed by atoms with Crippen molar-refractivity contribution in [1.29, 1.82) is 0 Å². The number of nitrogens with one attached hydrogen (secondary N) is 1. The molecule has 0 aromatic carbocycles. The Morgan fingerprint density at radius 1 is 1.32 bits per heavy atom. The lowest BCUT2D eigenvalue weighted by Crippen LogP contribution is -2.38. The lowest BCUT2D eigenvalue weighted by atomic mass is 9.90. The van der Waals surface area contributed by atoms with Crippen molar-refractivity contribution >= 4 is 6.09 Å². The van der Waals surface area contributed by atoms with E-state index in [1.165, 1.54) is 5.57 Å². The number of carbonyl (C=O) groups excluding carboxylic acids is 1. The van der Waals surface area contributed by atoms with Crippen molar-refractivity contribution in [3.63, 3.8) is 0 Å². The van der Waals surface area contributed by atoms with Crippen LogP contribution in [0.25, 0.3) is 0 Å². The number of nitrogens with zero attached hydrogens (tertiary/aromatic N) is 1. The predicted molar refractivity (Wildman–Crippen MR) is 84.6 cm³/mol. The van der Waals surface area contributed by atoms with Crippen LogP contribution in [0.2, 0.25) is 0 Å². The zero-order valence-electron chi connectivity index (χ0n) is 14.8. The van der Waals surface area contributed by atoms with Gasteiger partial charge in [0.05, 0.1) is 19.8 Å². The molecule has 0 aromatic rings. The molecule has 0 radical (unpaired) electrons. The molecule has 142 valence electrons. The summed E-state index contributed by atoms with van der Waals surface area (Å²) < 4.78 is 47.1. The molecule has 1 heterocycles. The van der Waals surface area contributed by atoms with E-state index in [0.29, 0.717) is 11.8 Å². The van der Waals surface area contributed by atoms with Crippen LogP contribution in [0.1, 0.15) is 40.0 Å². The maximum absolute atomic E-state index is 12.2. The molecule has 1 aliphatic heterocycles. The average molecular weight is 362 g/mol. The van der Waals surface area contributed by atoms with Crippen LogP contribution in [-0.2, 0) is 9.47 Å². The van der Waals surface area contributed by atoms with Gasteiger partial charge < -0.3 is 9.47 Å². The second-order valence-electron chi connectivity index (χ2n) is 8.09. The molecule has 5 nitrogen and oxygen atoms in total. The number of hydrogen-bond acceptors (Lipinski definition) is 4. The Labute approximate surface area is 145 Å². The number of alkyl halides is 3. The van der Waals surface area contributed by atoms with E-state index in [0.717, 1.165) is 25.1 Å². The first-order chi connectivity index (χ1) is 11.5. The quantitative estimate of drug-likeness (QED) is 0.762. The van der Waals surface area contributed by atoms with E-state index in [-0.39, 0.29) is 19.4 Å². The fourth-order valence-electron chi connectivity index (χ4n) is 3.90. The molecule has 8 heteroatoms. The molecule has 1 N–H and O–H groups in total. The molecule has 0 aromatic heterocycles. The lowest BCUT2D eigenvalue weighted by Gasteiger charge is -2.31. The summed E-state index contributed by atoms with van der Waals surface area (Å²) in [5, 5.41) is 2.88. The minimum absolute atomic E-state index is 0.189. The van der Waals surface area contributed by atoms with E-state index in [1.807, 2.05) is 20.8 Å². The molecular weight excluding hydrogens is 337 g/mol. The van der Waals surface area contributed by atoms with E-state index < -0.39 is 24.3 Å². The fraction of sp³-hybridized carbons (Fsp3) is 0.824. The highest BCUT2D eigenvalue weighted by molar-refractivity contribution is 5.71. The minimum Gasteiger partial charge on any atom is -0.444 e. The van der Waals surface area contributed by atoms with Gasteiger partial charge in [-0.3, -0.25) is 10.2 Å². The monoisotopic (exact) mass is 362 g/mol. The SMILES string of the molecule is CC(C)(C)OC(=O)NC1=C2C3[C@H]2CC(C1)CN3COCCC(F)(F)F. The molecule has 3 atom stereocenters.